The highest BCUT2D eigenvalue weighted by atomic mass is 35.5. The van der Waals surface area contributed by atoms with Crippen molar-refractivity contribution in [2.75, 3.05) is 17.7 Å². The Morgan fingerprint density at radius 2 is 1.67 bits per heavy atom. The number of benzene rings is 2. The van der Waals surface area contributed by atoms with E-state index >= 15 is 0 Å². The van der Waals surface area contributed by atoms with E-state index in [0.717, 1.165) is 11.3 Å². The summed E-state index contributed by atoms with van der Waals surface area (Å²) in [6.45, 7) is 1.92. The molecule has 2 rings (SSSR count). The first kappa shape index (κ1) is 16.0. The van der Waals surface area contributed by atoms with Crippen molar-refractivity contribution in [3.63, 3.8) is 0 Å². The summed E-state index contributed by atoms with van der Waals surface area (Å²) in [5.74, 6) is -0.297. The molecule has 0 aliphatic carbocycles. The van der Waals surface area contributed by atoms with Crippen LogP contribution in [0.3, 0.4) is 0 Å². The van der Waals surface area contributed by atoms with E-state index in [1.54, 1.807) is 13.1 Å². The Bertz CT molecular complexity index is 678. The van der Waals surface area contributed by atoms with E-state index < -0.39 is 0 Å². The lowest BCUT2D eigenvalue weighted by Gasteiger charge is -2.13. The third-order valence-corrected chi connectivity index (χ3v) is 3.75. The number of hydrogen-bond donors (Lipinski definition) is 2. The molecule has 0 saturated heterocycles. The molecule has 6 heteroatoms. The van der Waals surface area contributed by atoms with Gasteiger partial charge in [0.1, 0.15) is 0 Å². The minimum Gasteiger partial charge on any atom is -0.387 e. The minimum atomic E-state index is -0.297. The fourth-order valence-electron chi connectivity index (χ4n) is 1.91. The zero-order valence-electron chi connectivity index (χ0n) is 11.4. The fourth-order valence-corrected chi connectivity index (χ4v) is 2.82. The standard InChI is InChI=1S/C15H13Cl3N2O/c1-8-3-4-13(19-2)10(5-8)15(21)20-14-11(17)6-9(16)7-12(14)18/h3-7,19H,1-2H3,(H,20,21). The second-order valence-electron chi connectivity index (χ2n) is 4.50. The maximum atomic E-state index is 12.4. The van der Waals surface area contributed by atoms with Gasteiger partial charge in [-0.05, 0) is 31.2 Å². The van der Waals surface area contributed by atoms with Crippen LogP contribution in [0.5, 0.6) is 0 Å². The smallest absolute Gasteiger partial charge is 0.257 e. The molecule has 0 spiro atoms. The number of carbonyl (C=O) groups excluding carboxylic acids is 1. The quantitative estimate of drug-likeness (QED) is 0.799. The summed E-state index contributed by atoms with van der Waals surface area (Å²) in [7, 11) is 1.75. The van der Waals surface area contributed by atoms with Crippen LogP contribution < -0.4 is 10.6 Å². The van der Waals surface area contributed by atoms with Gasteiger partial charge in [-0.2, -0.15) is 0 Å². The van der Waals surface area contributed by atoms with Crippen LogP contribution in [0.2, 0.25) is 15.1 Å². The zero-order chi connectivity index (χ0) is 15.6. The Labute approximate surface area is 138 Å². The highest BCUT2D eigenvalue weighted by molar-refractivity contribution is 6.42. The van der Waals surface area contributed by atoms with Crippen molar-refractivity contribution in [3.8, 4) is 0 Å². The second kappa shape index (κ2) is 6.56. The van der Waals surface area contributed by atoms with Gasteiger partial charge in [-0.1, -0.05) is 46.4 Å². The van der Waals surface area contributed by atoms with E-state index in [1.165, 1.54) is 12.1 Å². The number of aryl methyl sites for hydroxylation is 1. The van der Waals surface area contributed by atoms with E-state index in [0.29, 0.717) is 26.3 Å². The average Bonchev–Trinajstić information content (AvgIpc) is 2.42. The summed E-state index contributed by atoms with van der Waals surface area (Å²) >= 11 is 18.0. The van der Waals surface area contributed by atoms with Crippen LogP contribution in [0.15, 0.2) is 30.3 Å². The third kappa shape index (κ3) is 3.62. The average molecular weight is 344 g/mol. The van der Waals surface area contributed by atoms with Crippen molar-refractivity contribution < 1.29 is 4.79 Å². The molecule has 0 saturated carbocycles. The lowest BCUT2D eigenvalue weighted by atomic mass is 10.1. The predicted molar refractivity (Wildman–Crippen MR) is 90.2 cm³/mol. The van der Waals surface area contributed by atoms with Gasteiger partial charge in [-0.25, -0.2) is 0 Å². The Balaban J connectivity index is 2.37. The minimum absolute atomic E-state index is 0.291. The van der Waals surface area contributed by atoms with Crippen LogP contribution in [-0.4, -0.2) is 13.0 Å². The molecule has 0 fully saturated rings. The van der Waals surface area contributed by atoms with E-state index in [4.69, 9.17) is 34.8 Å². The number of carbonyl (C=O) groups is 1. The largest absolute Gasteiger partial charge is 0.387 e. The number of hydrogen-bond acceptors (Lipinski definition) is 2. The summed E-state index contributed by atoms with van der Waals surface area (Å²) in [5, 5.41) is 6.70. The van der Waals surface area contributed by atoms with Gasteiger partial charge in [0.05, 0.1) is 21.3 Å². The molecular formula is C15H13Cl3N2O. The molecule has 2 N–H and O–H groups in total. The zero-order valence-corrected chi connectivity index (χ0v) is 13.7. The SMILES string of the molecule is CNc1ccc(C)cc1C(=O)Nc1c(Cl)cc(Cl)cc1Cl. The lowest BCUT2D eigenvalue weighted by molar-refractivity contribution is 0.102. The number of anilines is 2. The van der Waals surface area contributed by atoms with Crippen LogP contribution in [0, 0.1) is 6.92 Å². The van der Waals surface area contributed by atoms with E-state index in [2.05, 4.69) is 10.6 Å². The molecule has 110 valence electrons. The molecule has 2 aromatic carbocycles. The van der Waals surface area contributed by atoms with Gasteiger partial charge < -0.3 is 10.6 Å². The Morgan fingerprint density at radius 1 is 1.05 bits per heavy atom. The summed E-state index contributed by atoms with van der Waals surface area (Å²) < 4.78 is 0. The van der Waals surface area contributed by atoms with Crippen LogP contribution >= 0.6 is 34.8 Å². The van der Waals surface area contributed by atoms with Gasteiger partial charge >= 0.3 is 0 Å². The molecule has 0 unspecified atom stereocenters. The number of amides is 1. The van der Waals surface area contributed by atoms with Crippen molar-refractivity contribution in [1.29, 1.82) is 0 Å². The normalized spacial score (nSPS) is 10.3. The molecule has 21 heavy (non-hydrogen) atoms. The lowest BCUT2D eigenvalue weighted by Crippen LogP contribution is -2.15. The van der Waals surface area contributed by atoms with E-state index in [-0.39, 0.29) is 5.91 Å². The second-order valence-corrected chi connectivity index (χ2v) is 5.75. The van der Waals surface area contributed by atoms with Gasteiger partial charge in [-0.3, -0.25) is 4.79 Å². The Morgan fingerprint density at radius 3 is 2.24 bits per heavy atom. The van der Waals surface area contributed by atoms with Crippen LogP contribution in [0.1, 0.15) is 15.9 Å². The maximum Gasteiger partial charge on any atom is 0.257 e. The topological polar surface area (TPSA) is 41.1 Å². The predicted octanol–water partition coefficient (Wildman–Crippen LogP) is 5.25. The highest BCUT2D eigenvalue weighted by Gasteiger charge is 2.15. The molecule has 1 amide bonds. The molecule has 0 aliphatic heterocycles. The van der Waals surface area contributed by atoms with Crippen LogP contribution in [0.4, 0.5) is 11.4 Å². The van der Waals surface area contributed by atoms with Gasteiger partial charge in [0, 0.05) is 17.8 Å². The van der Waals surface area contributed by atoms with Crippen molar-refractivity contribution >= 4 is 52.1 Å². The maximum absolute atomic E-state index is 12.4. The fraction of sp³-hybridized carbons (Fsp3) is 0.133. The van der Waals surface area contributed by atoms with Crippen LogP contribution in [-0.2, 0) is 0 Å². The highest BCUT2D eigenvalue weighted by Crippen LogP contribution is 2.34. The van der Waals surface area contributed by atoms with Crippen molar-refractivity contribution in [1.82, 2.24) is 0 Å². The first-order chi connectivity index (χ1) is 9.92. The summed E-state index contributed by atoms with van der Waals surface area (Å²) in [6, 6.07) is 8.61. The van der Waals surface area contributed by atoms with Gasteiger partial charge in [-0.15, -0.1) is 0 Å². The molecule has 0 atom stereocenters. The molecule has 0 radical (unpaired) electrons. The molecule has 2 aromatic rings. The van der Waals surface area contributed by atoms with Crippen LogP contribution in [0.25, 0.3) is 0 Å². The van der Waals surface area contributed by atoms with Crippen molar-refractivity contribution in [2.45, 2.75) is 6.92 Å². The van der Waals surface area contributed by atoms with Gasteiger partial charge in [0.2, 0.25) is 0 Å². The Kier molecular flexibility index (Phi) is 4.99. The van der Waals surface area contributed by atoms with Gasteiger partial charge in [0.15, 0.2) is 0 Å². The molecule has 0 aliphatic rings. The first-order valence-electron chi connectivity index (χ1n) is 6.16. The third-order valence-electron chi connectivity index (χ3n) is 2.93. The molecule has 0 aromatic heterocycles. The van der Waals surface area contributed by atoms with Crippen molar-refractivity contribution in [2.24, 2.45) is 0 Å². The number of rotatable bonds is 3. The van der Waals surface area contributed by atoms with Gasteiger partial charge in [0.25, 0.3) is 5.91 Å². The van der Waals surface area contributed by atoms with E-state index in [9.17, 15) is 4.79 Å². The first-order valence-corrected chi connectivity index (χ1v) is 7.30. The molecule has 0 bridgehead atoms. The summed E-state index contributed by atoms with van der Waals surface area (Å²) in [5.41, 5.74) is 2.56. The summed E-state index contributed by atoms with van der Waals surface area (Å²) in [4.78, 5) is 12.4. The molecule has 0 heterocycles. The molecular weight excluding hydrogens is 331 g/mol. The van der Waals surface area contributed by atoms with E-state index in [1.807, 2.05) is 19.1 Å². The number of nitrogens with one attached hydrogen (secondary N) is 2. The monoisotopic (exact) mass is 342 g/mol. The molecule has 3 nitrogen and oxygen atoms in total. The number of halogens is 3. The Hall–Kier alpha value is -1.42. The van der Waals surface area contributed by atoms with Crippen molar-refractivity contribution in [3.05, 3.63) is 56.5 Å². The summed E-state index contributed by atoms with van der Waals surface area (Å²) in [6.07, 6.45) is 0.